The molecule has 1 atom stereocenters. The number of ketones is 1. The molecule has 0 aliphatic carbocycles. The van der Waals surface area contributed by atoms with Gasteiger partial charge in [-0.2, -0.15) is 0 Å². The number of thiophene rings is 1. The molecule has 45 heavy (non-hydrogen) atoms. The molecule has 0 radical (unpaired) electrons. The third kappa shape index (κ3) is 5.76. The Kier molecular flexibility index (Phi) is 8.15. The fourth-order valence-corrected chi connectivity index (χ4v) is 9.46. The Bertz CT molecular complexity index is 1590. The van der Waals surface area contributed by atoms with E-state index in [0.29, 0.717) is 24.8 Å². The van der Waals surface area contributed by atoms with Gasteiger partial charge >= 0.3 is 0 Å². The van der Waals surface area contributed by atoms with Gasteiger partial charge in [-0.1, -0.05) is 17.2 Å². The van der Waals surface area contributed by atoms with Crippen molar-refractivity contribution in [1.82, 2.24) is 24.6 Å². The van der Waals surface area contributed by atoms with Crippen LogP contribution < -0.4 is 0 Å². The van der Waals surface area contributed by atoms with Gasteiger partial charge < -0.3 is 14.8 Å². The van der Waals surface area contributed by atoms with Crippen LogP contribution in [0.15, 0.2) is 24.3 Å². The van der Waals surface area contributed by atoms with Crippen LogP contribution >= 0.6 is 11.3 Å². The summed E-state index contributed by atoms with van der Waals surface area (Å²) < 4.78 is 0. The van der Waals surface area contributed by atoms with Gasteiger partial charge in [-0.25, -0.2) is 0 Å². The number of aromatic nitrogens is 1. The number of hydrogen-bond acceptors (Lipinski definition) is 6. The van der Waals surface area contributed by atoms with Crippen molar-refractivity contribution < 1.29 is 14.4 Å². The first-order valence-electron chi connectivity index (χ1n) is 16.9. The van der Waals surface area contributed by atoms with Crippen molar-refractivity contribution in [3.8, 4) is 11.3 Å². The molecular weight excluding hydrogens is 582 g/mol. The third-order valence-corrected chi connectivity index (χ3v) is 12.3. The minimum Gasteiger partial charge on any atom is -0.346 e. The van der Waals surface area contributed by atoms with E-state index in [1.807, 2.05) is 4.90 Å². The number of H-pyrrole nitrogens is 1. The van der Waals surface area contributed by atoms with Gasteiger partial charge in [-0.05, 0) is 108 Å². The maximum absolute atomic E-state index is 14.0. The van der Waals surface area contributed by atoms with Crippen LogP contribution in [-0.4, -0.2) is 107 Å². The maximum atomic E-state index is 14.0. The highest BCUT2D eigenvalue weighted by Crippen LogP contribution is 2.44. The normalized spacial score (nSPS) is 24.0. The summed E-state index contributed by atoms with van der Waals surface area (Å²) in [4.78, 5) is 54.1. The molecule has 2 amide bonds. The van der Waals surface area contributed by atoms with Gasteiger partial charge in [-0.3, -0.25) is 24.2 Å². The standard InChI is InChI=1S/C36H47N5O3S/c1-23-17-24(2)19-26(18-23)32-27(9-12-38-15-16-41(30(42)21-38)22-31(43)39-10-5-6-11-39)28-20-29(45-35(28)37-32)36(3,4)34(44)33-25-7-13-40(33)14-8-25/h17-20,25,33,37H,5-16,21-22H2,1-4H3. The van der Waals surface area contributed by atoms with Crippen LogP contribution in [0.4, 0.5) is 0 Å². The van der Waals surface area contributed by atoms with Crippen molar-refractivity contribution in [2.45, 2.75) is 71.3 Å². The monoisotopic (exact) mass is 629 g/mol. The van der Waals surface area contributed by atoms with Gasteiger partial charge in [0.15, 0.2) is 5.78 Å². The quantitative estimate of drug-likeness (QED) is 0.369. The van der Waals surface area contributed by atoms with Crippen molar-refractivity contribution in [2.24, 2.45) is 5.92 Å². The number of nitrogens with one attached hydrogen (secondary N) is 1. The molecule has 4 aliphatic rings. The Morgan fingerprint density at radius 2 is 1.67 bits per heavy atom. The zero-order valence-electron chi connectivity index (χ0n) is 27.3. The summed E-state index contributed by atoms with van der Waals surface area (Å²) in [5, 5.41) is 1.20. The van der Waals surface area contributed by atoms with Crippen molar-refractivity contribution in [1.29, 1.82) is 0 Å². The molecule has 2 bridgehead atoms. The smallest absolute Gasteiger partial charge is 0.242 e. The summed E-state index contributed by atoms with van der Waals surface area (Å²) in [5.74, 6) is 0.990. The number of rotatable bonds is 9. The number of fused-ring (bicyclic) bond motifs is 3. The van der Waals surface area contributed by atoms with E-state index < -0.39 is 5.41 Å². The Balaban J connectivity index is 1.12. The number of carbonyl (C=O) groups is 3. The number of piperidine rings is 1. The molecule has 240 valence electrons. The largest absolute Gasteiger partial charge is 0.346 e. The molecule has 7 rings (SSSR count). The van der Waals surface area contributed by atoms with E-state index >= 15 is 0 Å². The van der Waals surface area contributed by atoms with Crippen LogP contribution in [0.5, 0.6) is 0 Å². The lowest BCUT2D eigenvalue weighted by Gasteiger charge is -2.34. The molecule has 3 aromatic rings. The zero-order chi connectivity index (χ0) is 31.5. The molecule has 4 fully saturated rings. The number of carbonyl (C=O) groups excluding carboxylic acids is 3. The molecule has 1 unspecified atom stereocenters. The molecule has 8 nitrogen and oxygen atoms in total. The molecule has 1 N–H and O–H groups in total. The minimum atomic E-state index is -0.549. The molecule has 1 aromatic carbocycles. The summed E-state index contributed by atoms with van der Waals surface area (Å²) >= 11 is 1.73. The Morgan fingerprint density at radius 1 is 0.956 bits per heavy atom. The van der Waals surface area contributed by atoms with Crippen molar-refractivity contribution in [3.05, 3.63) is 45.8 Å². The highest BCUT2D eigenvalue weighted by molar-refractivity contribution is 7.19. The number of nitrogens with zero attached hydrogens (tertiary/aromatic N) is 4. The minimum absolute atomic E-state index is 0.0391. The number of piperazine rings is 1. The van der Waals surface area contributed by atoms with Crippen LogP contribution in [-0.2, 0) is 26.2 Å². The van der Waals surface area contributed by atoms with Crippen LogP contribution in [0.1, 0.15) is 61.1 Å². The third-order valence-electron chi connectivity index (χ3n) is 10.9. The van der Waals surface area contributed by atoms with E-state index in [-0.39, 0.29) is 24.4 Å². The van der Waals surface area contributed by atoms with Crippen molar-refractivity contribution >= 4 is 39.2 Å². The van der Waals surface area contributed by atoms with Crippen molar-refractivity contribution in [2.75, 3.05) is 58.9 Å². The fourth-order valence-electron chi connectivity index (χ4n) is 8.26. The molecule has 2 aromatic heterocycles. The van der Waals surface area contributed by atoms with Gasteiger partial charge in [0, 0.05) is 43.0 Å². The second-order valence-electron chi connectivity index (χ2n) is 14.4. The topological polar surface area (TPSA) is 80.0 Å². The van der Waals surface area contributed by atoms with E-state index in [9.17, 15) is 14.4 Å². The number of hydrogen-bond donors (Lipinski definition) is 1. The SMILES string of the molecule is Cc1cc(C)cc(-c2[nH]c3sc(C(C)(C)C(=O)C4C5CCN4CC5)cc3c2CCN2CCN(CC(=O)N3CCCC3)C(=O)C2)c1. The van der Waals surface area contributed by atoms with Crippen LogP contribution in [0.25, 0.3) is 21.5 Å². The summed E-state index contributed by atoms with van der Waals surface area (Å²) in [5.41, 5.74) is 5.48. The highest BCUT2D eigenvalue weighted by atomic mass is 32.1. The molecule has 4 aliphatic heterocycles. The molecule has 9 heteroatoms. The number of aromatic amines is 1. The van der Waals surface area contributed by atoms with E-state index in [2.05, 4.69) is 66.7 Å². The average Bonchev–Trinajstić information content (AvgIpc) is 3.83. The van der Waals surface area contributed by atoms with Gasteiger partial charge in [0.2, 0.25) is 11.8 Å². The highest BCUT2D eigenvalue weighted by Gasteiger charge is 2.49. The first-order chi connectivity index (χ1) is 21.6. The van der Waals surface area contributed by atoms with Crippen LogP contribution in [0, 0.1) is 19.8 Å². The Labute approximate surface area is 270 Å². The number of Topliss-reactive ketones (excluding diaryl/α,β-unsaturated/α-hetero) is 1. The molecule has 0 saturated carbocycles. The zero-order valence-corrected chi connectivity index (χ0v) is 28.1. The number of amides is 2. The summed E-state index contributed by atoms with van der Waals surface area (Å²) in [6.07, 6.45) is 5.21. The average molecular weight is 630 g/mol. The first-order valence-corrected chi connectivity index (χ1v) is 17.7. The number of likely N-dealkylation sites (tertiary alicyclic amines) is 1. The maximum Gasteiger partial charge on any atom is 0.242 e. The summed E-state index contributed by atoms with van der Waals surface area (Å²) in [7, 11) is 0. The summed E-state index contributed by atoms with van der Waals surface area (Å²) in [6, 6.07) is 9.02. The van der Waals surface area contributed by atoms with Crippen LogP contribution in [0.2, 0.25) is 0 Å². The van der Waals surface area contributed by atoms with Crippen molar-refractivity contribution in [3.63, 3.8) is 0 Å². The predicted octanol–water partition coefficient (Wildman–Crippen LogP) is 4.76. The number of benzene rings is 1. The van der Waals surface area contributed by atoms with Gasteiger partial charge in [0.25, 0.3) is 0 Å². The summed E-state index contributed by atoms with van der Waals surface area (Å²) in [6.45, 7) is 14.9. The van der Waals surface area contributed by atoms with E-state index in [0.717, 1.165) is 86.8 Å². The van der Waals surface area contributed by atoms with Gasteiger partial charge in [0.1, 0.15) is 4.83 Å². The first kappa shape index (κ1) is 30.6. The van der Waals surface area contributed by atoms with Gasteiger partial charge in [0.05, 0.1) is 30.2 Å². The Morgan fingerprint density at radius 3 is 2.31 bits per heavy atom. The van der Waals surface area contributed by atoms with E-state index in [1.54, 1.807) is 16.2 Å². The molecule has 4 saturated heterocycles. The number of aryl methyl sites for hydroxylation is 2. The van der Waals surface area contributed by atoms with E-state index in [1.165, 1.54) is 27.6 Å². The lowest BCUT2D eigenvalue weighted by molar-refractivity contribution is -0.143. The lowest BCUT2D eigenvalue weighted by atomic mass is 9.79. The Hall–Kier alpha value is -3.01. The van der Waals surface area contributed by atoms with E-state index in [4.69, 9.17) is 0 Å². The molecule has 6 heterocycles. The molecular formula is C36H47N5O3S. The van der Waals surface area contributed by atoms with Gasteiger partial charge in [-0.15, -0.1) is 11.3 Å². The predicted molar refractivity (Wildman–Crippen MR) is 180 cm³/mol. The van der Waals surface area contributed by atoms with Crippen LogP contribution in [0.3, 0.4) is 0 Å². The second-order valence-corrected chi connectivity index (χ2v) is 15.5. The fraction of sp³-hybridized carbons (Fsp3) is 0.583. The lowest BCUT2D eigenvalue weighted by Crippen LogP contribution is -2.53. The second kappa shape index (κ2) is 12.0. The molecule has 0 spiro atoms.